The lowest BCUT2D eigenvalue weighted by atomic mass is 10.3. The number of methoxy groups -OCH3 is 2. The first-order valence-corrected chi connectivity index (χ1v) is 5.11. The summed E-state index contributed by atoms with van der Waals surface area (Å²) in [5.41, 5.74) is 0. The lowest BCUT2D eigenvalue weighted by Gasteiger charge is -2.09. The Balaban J connectivity index is 3.31. The maximum atomic E-state index is 10.9. The molecule has 14 heavy (non-hydrogen) atoms. The average Bonchev–Trinajstić information content (AvgIpc) is 2.17. The lowest BCUT2D eigenvalue weighted by molar-refractivity contribution is 0.386. The third-order valence-corrected chi connectivity index (χ3v) is 2.62. The van der Waals surface area contributed by atoms with Crippen LogP contribution in [0.3, 0.4) is 0 Å². The summed E-state index contributed by atoms with van der Waals surface area (Å²) >= 11 is 3.65. The van der Waals surface area contributed by atoms with E-state index in [1.807, 2.05) is 0 Å². The average molecular weight is 237 g/mol. The monoisotopic (exact) mass is 236 g/mol. The fourth-order valence-electron chi connectivity index (χ4n) is 0.969. The molecule has 0 saturated carbocycles. The Kier molecular flexibility index (Phi) is 3.74. The highest BCUT2D eigenvalue weighted by molar-refractivity contribution is 7.79. The Morgan fingerprint density at radius 1 is 1.29 bits per heavy atom. The second-order valence-corrected chi connectivity index (χ2v) is 3.73. The molecule has 0 fully saturated rings. The lowest BCUT2D eigenvalue weighted by Crippen LogP contribution is -1.96. The summed E-state index contributed by atoms with van der Waals surface area (Å²) in [5, 5.41) is 0.269. The Morgan fingerprint density at radius 3 is 2.29 bits per heavy atom. The van der Waals surface area contributed by atoms with Crippen LogP contribution in [0.4, 0.5) is 0 Å². The van der Waals surface area contributed by atoms with Crippen molar-refractivity contribution in [1.82, 2.24) is 0 Å². The zero-order chi connectivity index (χ0) is 10.7. The zero-order valence-corrected chi connectivity index (χ0v) is 9.19. The molecule has 0 heterocycles. The first kappa shape index (κ1) is 11.3. The van der Waals surface area contributed by atoms with Crippen molar-refractivity contribution < 1.29 is 18.2 Å². The number of halogens is 1. The van der Waals surface area contributed by atoms with Crippen LogP contribution in [0.2, 0.25) is 5.02 Å². The standard InChI is InChI=1S/C8H9ClO4S/c1-12-6-4-7(13-2)8(14(10)11)3-5(6)9/h3-4H,1-2H3,(H,10,11). The topological polar surface area (TPSA) is 55.8 Å². The molecule has 1 unspecified atom stereocenters. The molecule has 0 bridgehead atoms. The van der Waals surface area contributed by atoms with Crippen molar-refractivity contribution in [2.24, 2.45) is 0 Å². The van der Waals surface area contributed by atoms with Crippen LogP contribution >= 0.6 is 11.6 Å². The summed E-state index contributed by atoms with van der Waals surface area (Å²) in [6, 6.07) is 2.81. The van der Waals surface area contributed by atoms with Gasteiger partial charge in [-0.15, -0.1) is 0 Å². The predicted molar refractivity (Wildman–Crippen MR) is 53.6 cm³/mol. The van der Waals surface area contributed by atoms with Crippen molar-refractivity contribution in [2.45, 2.75) is 4.90 Å². The molecule has 0 aliphatic heterocycles. The minimum absolute atomic E-state index is 0.123. The van der Waals surface area contributed by atoms with Crippen molar-refractivity contribution in [2.75, 3.05) is 14.2 Å². The number of ether oxygens (including phenoxy) is 2. The van der Waals surface area contributed by atoms with Gasteiger partial charge in [0.1, 0.15) is 16.4 Å². The number of rotatable bonds is 3. The summed E-state index contributed by atoms with van der Waals surface area (Å²) in [4.78, 5) is 0.123. The van der Waals surface area contributed by atoms with Crippen molar-refractivity contribution in [3.63, 3.8) is 0 Å². The molecule has 0 saturated heterocycles. The van der Waals surface area contributed by atoms with E-state index in [2.05, 4.69) is 0 Å². The maximum absolute atomic E-state index is 10.9. The molecule has 0 aliphatic rings. The molecule has 0 amide bonds. The zero-order valence-electron chi connectivity index (χ0n) is 7.61. The number of benzene rings is 1. The normalized spacial score (nSPS) is 12.3. The van der Waals surface area contributed by atoms with Gasteiger partial charge in [0.2, 0.25) is 0 Å². The fraction of sp³-hybridized carbons (Fsp3) is 0.250. The number of hydrogen-bond acceptors (Lipinski definition) is 3. The summed E-state index contributed by atoms with van der Waals surface area (Å²) in [5.74, 6) is 0.671. The highest BCUT2D eigenvalue weighted by Crippen LogP contribution is 2.33. The van der Waals surface area contributed by atoms with Crippen molar-refractivity contribution in [3.8, 4) is 11.5 Å². The highest BCUT2D eigenvalue weighted by atomic mass is 35.5. The molecule has 1 aromatic rings. The molecule has 1 rings (SSSR count). The third kappa shape index (κ3) is 2.17. The molecule has 1 atom stereocenters. The molecule has 0 aromatic heterocycles. The molecule has 1 aromatic carbocycles. The van der Waals surface area contributed by atoms with Crippen LogP contribution in [0.1, 0.15) is 0 Å². The molecule has 1 N–H and O–H groups in total. The van der Waals surface area contributed by atoms with E-state index in [0.717, 1.165) is 0 Å². The van der Waals surface area contributed by atoms with Gasteiger partial charge in [-0.05, 0) is 6.07 Å². The van der Waals surface area contributed by atoms with E-state index in [0.29, 0.717) is 5.75 Å². The Morgan fingerprint density at radius 2 is 1.86 bits per heavy atom. The summed E-state index contributed by atoms with van der Waals surface area (Å²) in [6.45, 7) is 0. The van der Waals surface area contributed by atoms with Gasteiger partial charge in [0.25, 0.3) is 0 Å². The van der Waals surface area contributed by atoms with Gasteiger partial charge in [-0.2, -0.15) is 0 Å². The summed E-state index contributed by atoms with van der Waals surface area (Å²) in [6.07, 6.45) is 0. The van der Waals surface area contributed by atoms with Gasteiger partial charge in [-0.1, -0.05) is 11.6 Å². The van der Waals surface area contributed by atoms with Gasteiger partial charge >= 0.3 is 0 Å². The van der Waals surface area contributed by atoms with Crippen molar-refractivity contribution >= 4 is 22.7 Å². The van der Waals surface area contributed by atoms with E-state index in [1.54, 1.807) is 0 Å². The Bertz CT molecular complexity index is 367. The van der Waals surface area contributed by atoms with E-state index in [4.69, 9.17) is 25.6 Å². The van der Waals surface area contributed by atoms with E-state index >= 15 is 0 Å². The van der Waals surface area contributed by atoms with Crippen LogP contribution in [0, 0.1) is 0 Å². The van der Waals surface area contributed by atoms with Crippen LogP contribution in [0.25, 0.3) is 0 Å². The number of hydrogen-bond donors (Lipinski definition) is 1. The van der Waals surface area contributed by atoms with E-state index in [-0.39, 0.29) is 15.7 Å². The van der Waals surface area contributed by atoms with Gasteiger partial charge < -0.3 is 14.0 Å². The van der Waals surface area contributed by atoms with Crippen LogP contribution < -0.4 is 9.47 Å². The second kappa shape index (κ2) is 4.63. The van der Waals surface area contributed by atoms with Crippen LogP contribution in [0.5, 0.6) is 11.5 Å². The Hall–Kier alpha value is -0.780. The van der Waals surface area contributed by atoms with Gasteiger partial charge in [-0.25, -0.2) is 4.21 Å². The van der Waals surface area contributed by atoms with E-state index in [1.165, 1.54) is 26.4 Å². The quantitative estimate of drug-likeness (QED) is 0.815. The fourth-order valence-corrected chi connectivity index (χ4v) is 1.81. The van der Waals surface area contributed by atoms with Gasteiger partial charge in [-0.3, -0.25) is 0 Å². The first-order chi connectivity index (χ1) is 6.60. The van der Waals surface area contributed by atoms with Gasteiger partial charge in [0.15, 0.2) is 11.1 Å². The van der Waals surface area contributed by atoms with Crippen LogP contribution in [0.15, 0.2) is 17.0 Å². The smallest absolute Gasteiger partial charge is 0.190 e. The third-order valence-electron chi connectivity index (χ3n) is 1.63. The van der Waals surface area contributed by atoms with Crippen LogP contribution in [-0.2, 0) is 11.1 Å². The molecule has 0 aliphatic carbocycles. The largest absolute Gasteiger partial charge is 0.495 e. The van der Waals surface area contributed by atoms with Crippen molar-refractivity contribution in [1.29, 1.82) is 0 Å². The minimum atomic E-state index is -2.13. The second-order valence-electron chi connectivity index (χ2n) is 2.39. The molecule has 0 spiro atoms. The molecule has 0 radical (unpaired) electrons. The molecule has 78 valence electrons. The molecule has 4 nitrogen and oxygen atoms in total. The predicted octanol–water partition coefficient (Wildman–Crippen LogP) is 1.94. The van der Waals surface area contributed by atoms with Crippen LogP contribution in [-0.4, -0.2) is 23.0 Å². The van der Waals surface area contributed by atoms with Gasteiger partial charge in [0.05, 0.1) is 19.2 Å². The summed E-state index contributed by atoms with van der Waals surface area (Å²) < 4.78 is 29.6. The van der Waals surface area contributed by atoms with Gasteiger partial charge in [0, 0.05) is 6.07 Å². The van der Waals surface area contributed by atoms with Crippen molar-refractivity contribution in [3.05, 3.63) is 17.2 Å². The summed E-state index contributed by atoms with van der Waals surface area (Å²) in [7, 11) is 2.86. The Labute approximate surface area is 89.1 Å². The van der Waals surface area contributed by atoms with E-state index in [9.17, 15) is 4.21 Å². The molecule has 6 heteroatoms. The van der Waals surface area contributed by atoms with E-state index < -0.39 is 11.1 Å². The maximum Gasteiger partial charge on any atom is 0.190 e. The SMILES string of the molecule is COc1cc(OC)c(S(=O)O)cc1Cl. The first-order valence-electron chi connectivity index (χ1n) is 3.62. The molecular weight excluding hydrogens is 228 g/mol. The minimum Gasteiger partial charge on any atom is -0.495 e. The molecular formula is C8H9ClO4S. The highest BCUT2D eigenvalue weighted by Gasteiger charge is 2.13.